The van der Waals surface area contributed by atoms with Gasteiger partial charge in [0.15, 0.2) is 6.29 Å². The van der Waals surface area contributed by atoms with Crippen LogP contribution in [0.15, 0.2) is 121 Å². The predicted molar refractivity (Wildman–Crippen MR) is 131 cm³/mol. The monoisotopic (exact) mass is 452 g/mol. The van der Waals surface area contributed by atoms with E-state index in [2.05, 4.69) is 36.4 Å². The quantitative estimate of drug-likeness (QED) is 0.378. The van der Waals surface area contributed by atoms with Crippen molar-refractivity contribution in [3.05, 3.63) is 144 Å². The lowest BCUT2D eigenvalue weighted by Crippen LogP contribution is -2.45. The molecule has 0 aromatic heterocycles. The van der Waals surface area contributed by atoms with E-state index in [-0.39, 0.29) is 13.2 Å². The third-order valence-electron chi connectivity index (χ3n) is 6.22. The van der Waals surface area contributed by atoms with Crippen LogP contribution in [0.25, 0.3) is 0 Å². The van der Waals surface area contributed by atoms with Gasteiger partial charge >= 0.3 is 0 Å². The molecule has 0 radical (unpaired) electrons. The average molecular weight is 453 g/mol. The Labute approximate surface area is 200 Å². The van der Waals surface area contributed by atoms with Gasteiger partial charge < -0.3 is 19.3 Å². The van der Waals surface area contributed by atoms with Gasteiger partial charge in [-0.2, -0.15) is 0 Å². The summed E-state index contributed by atoms with van der Waals surface area (Å²) in [6.07, 6.45) is -1.88. The lowest BCUT2D eigenvalue weighted by atomic mass is 9.80. The molecule has 0 bridgehead atoms. The predicted octanol–water partition coefficient (Wildman–Crippen LogP) is 5.47. The van der Waals surface area contributed by atoms with E-state index in [0.29, 0.717) is 0 Å². The van der Waals surface area contributed by atoms with Crippen molar-refractivity contribution in [2.24, 2.45) is 0 Å². The maximum atomic E-state index is 10.7. The number of rotatable bonds is 7. The molecule has 0 amide bonds. The van der Waals surface area contributed by atoms with Crippen LogP contribution >= 0.6 is 0 Å². The fraction of sp³-hybridized carbons (Fsp3) is 0.200. The van der Waals surface area contributed by atoms with E-state index in [4.69, 9.17) is 14.2 Å². The second-order valence-corrected chi connectivity index (χ2v) is 8.41. The first-order valence-corrected chi connectivity index (χ1v) is 11.6. The first kappa shape index (κ1) is 22.5. The highest BCUT2D eigenvalue weighted by atomic mass is 16.7. The van der Waals surface area contributed by atoms with Crippen molar-refractivity contribution >= 4 is 0 Å². The summed E-state index contributed by atoms with van der Waals surface area (Å²) in [5.41, 5.74) is 3.07. The van der Waals surface area contributed by atoms with Crippen LogP contribution in [-0.2, 0) is 19.8 Å². The molecule has 34 heavy (non-hydrogen) atoms. The van der Waals surface area contributed by atoms with Gasteiger partial charge in [0, 0.05) is 5.56 Å². The van der Waals surface area contributed by atoms with Crippen molar-refractivity contribution in [2.45, 2.75) is 24.1 Å². The van der Waals surface area contributed by atoms with Crippen LogP contribution in [0.5, 0.6) is 0 Å². The fourth-order valence-corrected chi connectivity index (χ4v) is 4.49. The molecule has 4 aromatic rings. The molecule has 1 fully saturated rings. The summed E-state index contributed by atoms with van der Waals surface area (Å²) in [7, 11) is 0. The highest BCUT2D eigenvalue weighted by molar-refractivity contribution is 5.47. The highest BCUT2D eigenvalue weighted by Gasteiger charge is 2.40. The Bertz CT molecular complexity index is 1050. The zero-order valence-electron chi connectivity index (χ0n) is 18.9. The SMILES string of the molecule is O[C@@H]1CO[C@@H](c2ccccc2)O[C@H]1COC(c1ccccc1)(c1ccccc1)c1ccccc1. The number of ether oxygens (including phenoxy) is 3. The molecule has 5 rings (SSSR count). The van der Waals surface area contributed by atoms with Crippen LogP contribution < -0.4 is 0 Å². The number of benzene rings is 4. The first-order chi connectivity index (χ1) is 16.8. The molecule has 0 saturated carbocycles. The highest BCUT2D eigenvalue weighted by Crippen LogP contribution is 2.41. The molecule has 4 heteroatoms. The molecule has 0 spiro atoms. The van der Waals surface area contributed by atoms with E-state index in [1.807, 2.05) is 84.9 Å². The Kier molecular flexibility index (Phi) is 6.84. The van der Waals surface area contributed by atoms with Crippen LogP contribution in [0.2, 0.25) is 0 Å². The molecule has 0 unspecified atom stereocenters. The van der Waals surface area contributed by atoms with Crippen molar-refractivity contribution in [3.8, 4) is 0 Å². The van der Waals surface area contributed by atoms with E-state index >= 15 is 0 Å². The van der Waals surface area contributed by atoms with Gasteiger partial charge in [0.2, 0.25) is 0 Å². The van der Waals surface area contributed by atoms with Crippen LogP contribution in [0.4, 0.5) is 0 Å². The second kappa shape index (κ2) is 10.3. The smallest absolute Gasteiger partial charge is 0.184 e. The molecule has 1 heterocycles. The fourth-order valence-electron chi connectivity index (χ4n) is 4.49. The summed E-state index contributed by atoms with van der Waals surface area (Å²) < 4.78 is 18.8. The molecule has 4 nitrogen and oxygen atoms in total. The van der Waals surface area contributed by atoms with Crippen LogP contribution in [0, 0.1) is 0 Å². The summed E-state index contributed by atoms with van der Waals surface area (Å²) in [6.45, 7) is 0.370. The van der Waals surface area contributed by atoms with Crippen molar-refractivity contribution in [2.75, 3.05) is 13.2 Å². The molecule has 1 aliphatic heterocycles. The van der Waals surface area contributed by atoms with E-state index < -0.39 is 24.1 Å². The maximum Gasteiger partial charge on any atom is 0.184 e. The van der Waals surface area contributed by atoms with Crippen LogP contribution in [0.3, 0.4) is 0 Å². The molecule has 0 aliphatic carbocycles. The Morgan fingerprint density at radius 1 is 0.676 bits per heavy atom. The second-order valence-electron chi connectivity index (χ2n) is 8.41. The Balaban J connectivity index is 1.51. The van der Waals surface area contributed by atoms with Gasteiger partial charge in [-0.25, -0.2) is 0 Å². The van der Waals surface area contributed by atoms with Crippen LogP contribution in [-0.4, -0.2) is 30.5 Å². The minimum absolute atomic E-state index is 0.183. The van der Waals surface area contributed by atoms with Gasteiger partial charge in [0.05, 0.1) is 13.2 Å². The molecular weight excluding hydrogens is 424 g/mol. The minimum Gasteiger partial charge on any atom is -0.388 e. The summed E-state index contributed by atoms with van der Waals surface area (Å²) in [6, 6.07) is 40.3. The normalized spacial score (nSPS) is 20.7. The Morgan fingerprint density at radius 3 is 1.59 bits per heavy atom. The summed E-state index contributed by atoms with van der Waals surface area (Å²) in [5.74, 6) is 0. The molecular formula is C30H28O4. The van der Waals surface area contributed by atoms with E-state index in [1.165, 1.54) is 0 Å². The number of hydrogen-bond acceptors (Lipinski definition) is 4. The van der Waals surface area contributed by atoms with Crippen molar-refractivity contribution in [3.63, 3.8) is 0 Å². The van der Waals surface area contributed by atoms with Gasteiger partial charge in [-0.15, -0.1) is 0 Å². The topological polar surface area (TPSA) is 47.9 Å². The molecule has 172 valence electrons. The van der Waals surface area contributed by atoms with E-state index in [9.17, 15) is 5.11 Å². The Hall–Kier alpha value is -3.28. The zero-order valence-corrected chi connectivity index (χ0v) is 18.9. The Morgan fingerprint density at radius 2 is 1.12 bits per heavy atom. The molecule has 3 atom stereocenters. The molecule has 1 saturated heterocycles. The maximum absolute atomic E-state index is 10.7. The van der Waals surface area contributed by atoms with Gasteiger partial charge in [-0.3, -0.25) is 0 Å². The summed E-state index contributed by atoms with van der Waals surface area (Å²) in [5, 5.41) is 10.7. The van der Waals surface area contributed by atoms with Gasteiger partial charge in [0.25, 0.3) is 0 Å². The number of aliphatic hydroxyl groups excluding tert-OH is 1. The molecule has 4 aromatic carbocycles. The lowest BCUT2D eigenvalue weighted by molar-refractivity contribution is -0.270. The number of aliphatic hydroxyl groups is 1. The van der Waals surface area contributed by atoms with E-state index in [1.54, 1.807) is 0 Å². The third kappa shape index (κ3) is 4.54. The van der Waals surface area contributed by atoms with Gasteiger partial charge in [-0.1, -0.05) is 121 Å². The zero-order chi connectivity index (χ0) is 23.2. The third-order valence-corrected chi connectivity index (χ3v) is 6.22. The minimum atomic E-state index is -0.868. The standard InChI is InChI=1S/C30H28O4/c31-27-21-32-29(23-13-5-1-6-14-23)34-28(27)22-33-30(24-15-7-2-8-16-24,25-17-9-3-10-18-25)26-19-11-4-12-20-26/h1-20,27-29,31H,21-22H2/t27-,28+,29-/m1/s1. The molecule has 1 aliphatic rings. The van der Waals surface area contributed by atoms with Crippen molar-refractivity contribution in [1.29, 1.82) is 0 Å². The van der Waals surface area contributed by atoms with Gasteiger partial charge in [-0.05, 0) is 16.7 Å². The number of hydrogen-bond donors (Lipinski definition) is 1. The largest absolute Gasteiger partial charge is 0.388 e. The summed E-state index contributed by atoms with van der Waals surface area (Å²) >= 11 is 0. The van der Waals surface area contributed by atoms with Crippen molar-refractivity contribution < 1.29 is 19.3 Å². The lowest BCUT2D eigenvalue weighted by Gasteiger charge is -2.39. The van der Waals surface area contributed by atoms with Crippen molar-refractivity contribution in [1.82, 2.24) is 0 Å². The summed E-state index contributed by atoms with van der Waals surface area (Å²) in [4.78, 5) is 0. The van der Waals surface area contributed by atoms with Crippen LogP contribution in [0.1, 0.15) is 28.5 Å². The first-order valence-electron chi connectivity index (χ1n) is 11.6. The van der Waals surface area contributed by atoms with Gasteiger partial charge in [0.1, 0.15) is 17.8 Å². The van der Waals surface area contributed by atoms with E-state index in [0.717, 1.165) is 22.3 Å². The average Bonchev–Trinajstić information content (AvgIpc) is 2.92. The molecule has 1 N–H and O–H groups in total.